The number of rotatable bonds is 5. The molecular formula is C26H26F3N5O3. The zero-order chi connectivity index (χ0) is 26.2. The van der Waals surface area contributed by atoms with Crippen LogP contribution in [0.25, 0.3) is 0 Å². The van der Waals surface area contributed by atoms with Crippen molar-refractivity contribution in [2.75, 3.05) is 44.7 Å². The van der Waals surface area contributed by atoms with Gasteiger partial charge in [-0.1, -0.05) is 30.3 Å². The average Bonchev–Trinajstić information content (AvgIpc) is 3.35. The number of hydrogen-bond donors (Lipinski definition) is 0. The molecule has 8 nitrogen and oxygen atoms in total. The van der Waals surface area contributed by atoms with E-state index in [2.05, 4.69) is 10.00 Å². The maximum absolute atomic E-state index is 13.4. The summed E-state index contributed by atoms with van der Waals surface area (Å²) in [4.78, 5) is 31.5. The van der Waals surface area contributed by atoms with Crippen molar-refractivity contribution >= 4 is 17.5 Å². The Bertz CT molecular complexity index is 1310. The van der Waals surface area contributed by atoms with Gasteiger partial charge in [-0.25, -0.2) is 0 Å². The van der Waals surface area contributed by atoms with Crippen molar-refractivity contribution < 1.29 is 27.5 Å². The number of methoxy groups -OCH3 is 1. The fraction of sp³-hybridized carbons (Fsp3) is 0.346. The van der Waals surface area contributed by atoms with Gasteiger partial charge in [-0.15, -0.1) is 0 Å². The van der Waals surface area contributed by atoms with Gasteiger partial charge in [0.1, 0.15) is 11.4 Å². The fourth-order valence-electron chi connectivity index (χ4n) is 4.84. The first kappa shape index (κ1) is 24.7. The predicted octanol–water partition coefficient (Wildman–Crippen LogP) is 3.53. The molecule has 1 saturated heterocycles. The second-order valence-corrected chi connectivity index (χ2v) is 8.97. The maximum atomic E-state index is 13.4. The molecule has 0 saturated carbocycles. The van der Waals surface area contributed by atoms with Crippen molar-refractivity contribution in [2.45, 2.75) is 19.3 Å². The van der Waals surface area contributed by atoms with E-state index < -0.39 is 17.6 Å². The number of piperazine rings is 1. The number of ether oxygens (including phenoxy) is 1. The Kier molecular flexibility index (Phi) is 6.53. The lowest BCUT2D eigenvalue weighted by Gasteiger charge is -2.36. The fourth-order valence-corrected chi connectivity index (χ4v) is 4.84. The van der Waals surface area contributed by atoms with E-state index in [1.807, 2.05) is 24.3 Å². The SMILES string of the molecule is COc1ccccc1N1CCN(C(=O)c2cc3n(n2)CCN(Cc2ccccc2C(F)(F)F)C3=O)CC1. The van der Waals surface area contributed by atoms with Crippen LogP contribution in [0.4, 0.5) is 18.9 Å². The van der Waals surface area contributed by atoms with Crippen LogP contribution in [0, 0.1) is 0 Å². The molecule has 0 N–H and O–H groups in total. The Morgan fingerprint density at radius 2 is 1.68 bits per heavy atom. The molecule has 0 bridgehead atoms. The lowest BCUT2D eigenvalue weighted by molar-refractivity contribution is -0.138. The molecule has 0 atom stereocenters. The van der Waals surface area contributed by atoms with Gasteiger partial charge in [0.15, 0.2) is 5.69 Å². The number of fused-ring (bicyclic) bond motifs is 1. The summed E-state index contributed by atoms with van der Waals surface area (Å²) in [6.45, 7) is 2.51. The van der Waals surface area contributed by atoms with Gasteiger partial charge < -0.3 is 19.4 Å². The number of hydrogen-bond acceptors (Lipinski definition) is 5. The summed E-state index contributed by atoms with van der Waals surface area (Å²) in [5.41, 5.74) is 0.594. The summed E-state index contributed by atoms with van der Waals surface area (Å²) in [7, 11) is 1.62. The van der Waals surface area contributed by atoms with E-state index in [0.717, 1.165) is 17.5 Å². The quantitative estimate of drug-likeness (QED) is 0.522. The summed E-state index contributed by atoms with van der Waals surface area (Å²) in [6.07, 6.45) is -4.51. The topological polar surface area (TPSA) is 70.9 Å². The number of halogens is 3. The molecule has 1 aromatic heterocycles. The molecule has 0 spiro atoms. The summed E-state index contributed by atoms with van der Waals surface area (Å²) >= 11 is 0. The lowest BCUT2D eigenvalue weighted by atomic mass is 10.1. The minimum Gasteiger partial charge on any atom is -0.495 e. The third kappa shape index (κ3) is 4.85. The van der Waals surface area contributed by atoms with Gasteiger partial charge >= 0.3 is 6.18 Å². The van der Waals surface area contributed by atoms with Crippen molar-refractivity contribution in [2.24, 2.45) is 0 Å². The summed E-state index contributed by atoms with van der Waals surface area (Å²) in [5, 5.41) is 4.34. The molecular weight excluding hydrogens is 487 g/mol. The normalized spacial score (nSPS) is 16.1. The number of nitrogens with zero attached hydrogens (tertiary/aromatic N) is 5. The molecule has 3 aromatic rings. The third-order valence-electron chi connectivity index (χ3n) is 6.76. The number of carbonyl (C=O) groups is 2. The van der Waals surface area contributed by atoms with Gasteiger partial charge in [0, 0.05) is 45.3 Å². The Morgan fingerprint density at radius 1 is 0.973 bits per heavy atom. The average molecular weight is 514 g/mol. The first-order valence-corrected chi connectivity index (χ1v) is 12.0. The number of para-hydroxylation sites is 2. The Balaban J connectivity index is 1.26. The zero-order valence-corrected chi connectivity index (χ0v) is 20.2. The first-order valence-electron chi connectivity index (χ1n) is 12.0. The number of carbonyl (C=O) groups excluding carboxylic acids is 2. The Hall–Kier alpha value is -4.02. The van der Waals surface area contributed by atoms with Crippen molar-refractivity contribution in [1.82, 2.24) is 19.6 Å². The largest absolute Gasteiger partial charge is 0.495 e. The number of benzene rings is 2. The second-order valence-electron chi connectivity index (χ2n) is 8.97. The van der Waals surface area contributed by atoms with Crippen LogP contribution in [0.5, 0.6) is 5.75 Å². The third-order valence-corrected chi connectivity index (χ3v) is 6.76. The molecule has 5 rings (SSSR count). The lowest BCUT2D eigenvalue weighted by Crippen LogP contribution is -2.49. The first-order chi connectivity index (χ1) is 17.8. The van der Waals surface area contributed by atoms with Crippen LogP contribution >= 0.6 is 0 Å². The highest BCUT2D eigenvalue weighted by atomic mass is 19.4. The number of anilines is 1. The maximum Gasteiger partial charge on any atom is 0.416 e. The highest BCUT2D eigenvalue weighted by molar-refractivity contribution is 5.98. The number of aromatic nitrogens is 2. The minimum atomic E-state index is -4.51. The summed E-state index contributed by atoms with van der Waals surface area (Å²) < 4.78 is 47.1. The smallest absolute Gasteiger partial charge is 0.416 e. The van der Waals surface area contributed by atoms with Crippen LogP contribution in [0.2, 0.25) is 0 Å². The van der Waals surface area contributed by atoms with Crippen LogP contribution < -0.4 is 9.64 Å². The molecule has 1 fully saturated rings. The minimum absolute atomic E-state index is 0.0283. The molecule has 3 heterocycles. The van der Waals surface area contributed by atoms with Crippen molar-refractivity contribution in [3.8, 4) is 5.75 Å². The van der Waals surface area contributed by atoms with E-state index in [9.17, 15) is 22.8 Å². The van der Waals surface area contributed by atoms with Gasteiger partial charge in [0.2, 0.25) is 0 Å². The van der Waals surface area contributed by atoms with Crippen LogP contribution in [0.3, 0.4) is 0 Å². The van der Waals surface area contributed by atoms with Crippen LogP contribution in [0.1, 0.15) is 32.1 Å². The molecule has 11 heteroatoms. The Morgan fingerprint density at radius 3 is 2.41 bits per heavy atom. The van der Waals surface area contributed by atoms with Crippen molar-refractivity contribution in [3.63, 3.8) is 0 Å². The van der Waals surface area contributed by atoms with E-state index in [1.54, 1.807) is 12.0 Å². The summed E-state index contributed by atoms with van der Waals surface area (Å²) in [6, 6.07) is 14.4. The molecule has 2 aliphatic rings. The van der Waals surface area contributed by atoms with Crippen LogP contribution in [-0.2, 0) is 19.3 Å². The van der Waals surface area contributed by atoms with Crippen molar-refractivity contribution in [1.29, 1.82) is 0 Å². The van der Waals surface area contributed by atoms with Gasteiger partial charge in [-0.05, 0) is 23.8 Å². The highest BCUT2D eigenvalue weighted by Gasteiger charge is 2.35. The van der Waals surface area contributed by atoms with Crippen LogP contribution in [0.15, 0.2) is 54.6 Å². The van der Waals surface area contributed by atoms with E-state index >= 15 is 0 Å². The van der Waals surface area contributed by atoms with Gasteiger partial charge in [0.25, 0.3) is 11.8 Å². The molecule has 194 valence electrons. The van der Waals surface area contributed by atoms with E-state index in [0.29, 0.717) is 32.7 Å². The van der Waals surface area contributed by atoms with E-state index in [-0.39, 0.29) is 35.9 Å². The van der Waals surface area contributed by atoms with Gasteiger partial charge in [-0.2, -0.15) is 18.3 Å². The second kappa shape index (κ2) is 9.79. The summed E-state index contributed by atoms with van der Waals surface area (Å²) in [5.74, 6) is 0.0455. The molecule has 0 aliphatic carbocycles. The van der Waals surface area contributed by atoms with E-state index in [1.165, 1.54) is 33.8 Å². The van der Waals surface area contributed by atoms with Gasteiger partial charge in [0.05, 0.1) is 24.9 Å². The molecule has 2 amide bonds. The highest BCUT2D eigenvalue weighted by Crippen LogP contribution is 2.33. The predicted molar refractivity (Wildman–Crippen MR) is 130 cm³/mol. The zero-order valence-electron chi connectivity index (χ0n) is 20.2. The monoisotopic (exact) mass is 513 g/mol. The standard InChI is InChI=1S/C26H26F3N5O3/c1-37-23-9-5-4-8-21(23)31-10-12-32(13-11-31)24(35)20-16-22-25(36)33(14-15-34(22)30-20)17-18-6-2-3-7-19(18)26(27,28)29/h2-9,16H,10-15,17H2,1H3. The number of alkyl halides is 3. The van der Waals surface area contributed by atoms with E-state index in [4.69, 9.17) is 4.74 Å². The Labute approximate surface area is 211 Å². The molecule has 2 aliphatic heterocycles. The number of amides is 2. The van der Waals surface area contributed by atoms with Crippen molar-refractivity contribution in [3.05, 3.63) is 77.1 Å². The van der Waals surface area contributed by atoms with Crippen LogP contribution in [-0.4, -0.2) is 71.2 Å². The molecule has 2 aromatic carbocycles. The molecule has 0 radical (unpaired) electrons. The molecule has 0 unspecified atom stereocenters. The molecule has 37 heavy (non-hydrogen) atoms. The van der Waals surface area contributed by atoms with Gasteiger partial charge in [-0.3, -0.25) is 14.3 Å².